The lowest BCUT2D eigenvalue weighted by atomic mass is 9.94. The highest BCUT2D eigenvalue weighted by atomic mass is 35.5. The smallest absolute Gasteiger partial charge is 0.255 e. The van der Waals surface area contributed by atoms with E-state index in [9.17, 15) is 4.79 Å². The Morgan fingerprint density at radius 3 is 2.52 bits per heavy atom. The molecule has 0 aliphatic carbocycles. The number of benzene rings is 1. The zero-order valence-electron chi connectivity index (χ0n) is 18.7. The van der Waals surface area contributed by atoms with Gasteiger partial charge in [0.2, 0.25) is 0 Å². The van der Waals surface area contributed by atoms with E-state index in [4.69, 9.17) is 34.3 Å². The fourth-order valence-corrected chi connectivity index (χ4v) is 5.09. The fourth-order valence-electron chi connectivity index (χ4n) is 4.54. The molecular formula is C23H35ClN4O2S. The number of rotatable bonds is 7. The summed E-state index contributed by atoms with van der Waals surface area (Å²) in [7, 11) is 1.53. The largest absolute Gasteiger partial charge is 0.496 e. The molecule has 0 spiro atoms. The lowest BCUT2D eigenvalue weighted by Crippen LogP contribution is -2.47. The summed E-state index contributed by atoms with van der Waals surface area (Å²) in [6.07, 6.45) is 6.51. The van der Waals surface area contributed by atoms with Crippen LogP contribution in [0.2, 0.25) is 5.02 Å². The van der Waals surface area contributed by atoms with E-state index in [1.807, 2.05) is 0 Å². The summed E-state index contributed by atoms with van der Waals surface area (Å²) in [4.78, 5) is 18.9. The maximum atomic E-state index is 12.8. The monoisotopic (exact) mass is 466 g/mol. The topological polar surface area (TPSA) is 70.8 Å². The molecule has 6 nitrogen and oxygen atoms in total. The molecule has 3 rings (SSSR count). The summed E-state index contributed by atoms with van der Waals surface area (Å²) in [5.74, 6) is 1.03. The lowest BCUT2D eigenvalue weighted by molar-refractivity contribution is 0.0895. The number of hydrogen-bond donors (Lipinski definition) is 2. The van der Waals surface area contributed by atoms with Crippen LogP contribution in [-0.4, -0.2) is 66.6 Å². The van der Waals surface area contributed by atoms with Gasteiger partial charge in [-0.1, -0.05) is 30.7 Å². The summed E-state index contributed by atoms with van der Waals surface area (Å²) >= 11 is 11.7. The van der Waals surface area contributed by atoms with Crippen molar-refractivity contribution < 1.29 is 9.53 Å². The Hall–Kier alpha value is -1.57. The van der Waals surface area contributed by atoms with Crippen LogP contribution in [0.3, 0.4) is 0 Å². The number of nitrogens with zero attached hydrogens (tertiary/aromatic N) is 2. The number of methoxy groups -OCH3 is 1. The highest BCUT2D eigenvalue weighted by molar-refractivity contribution is 7.80. The number of amides is 1. The van der Waals surface area contributed by atoms with Crippen molar-refractivity contribution in [3.63, 3.8) is 0 Å². The van der Waals surface area contributed by atoms with Crippen LogP contribution in [-0.2, 0) is 0 Å². The molecule has 172 valence electrons. The number of piperidine rings is 2. The molecule has 1 aromatic carbocycles. The molecule has 0 aromatic heterocycles. The molecule has 3 N–H and O–H groups in total. The van der Waals surface area contributed by atoms with Crippen LogP contribution in [0.15, 0.2) is 12.1 Å². The lowest BCUT2D eigenvalue weighted by Gasteiger charge is -2.38. The molecule has 2 saturated heterocycles. The van der Waals surface area contributed by atoms with Crippen molar-refractivity contribution in [2.45, 2.75) is 51.5 Å². The molecule has 8 heteroatoms. The number of nitrogens with two attached hydrogens (primary N) is 1. The van der Waals surface area contributed by atoms with Crippen LogP contribution in [0.25, 0.3) is 0 Å². The summed E-state index contributed by atoms with van der Waals surface area (Å²) in [5.41, 5.74) is 6.65. The molecule has 0 unspecified atom stereocenters. The highest BCUT2D eigenvalue weighted by Crippen LogP contribution is 2.29. The van der Waals surface area contributed by atoms with Crippen LogP contribution in [0.4, 0.5) is 5.69 Å². The van der Waals surface area contributed by atoms with E-state index in [-0.39, 0.29) is 11.9 Å². The van der Waals surface area contributed by atoms with Gasteiger partial charge in [0, 0.05) is 44.8 Å². The normalized spacial score (nSPS) is 18.7. The first-order chi connectivity index (χ1) is 14.9. The van der Waals surface area contributed by atoms with Crippen molar-refractivity contribution in [2.24, 2.45) is 5.92 Å². The molecule has 0 saturated carbocycles. The number of hydrogen-bond acceptors (Lipinski definition) is 5. The number of thiocarbonyl (C=S) groups is 1. The van der Waals surface area contributed by atoms with E-state index in [1.54, 1.807) is 12.1 Å². The Balaban J connectivity index is 1.43. The van der Waals surface area contributed by atoms with Gasteiger partial charge in [-0.25, -0.2) is 0 Å². The first-order valence-corrected chi connectivity index (χ1v) is 12.1. The average Bonchev–Trinajstić information content (AvgIpc) is 2.77. The van der Waals surface area contributed by atoms with Gasteiger partial charge >= 0.3 is 0 Å². The second-order valence-electron chi connectivity index (χ2n) is 8.70. The van der Waals surface area contributed by atoms with Crippen molar-refractivity contribution >= 4 is 40.4 Å². The number of carbonyl (C=O) groups excluding carboxylic acids is 1. The maximum absolute atomic E-state index is 12.8. The third kappa shape index (κ3) is 6.46. The Morgan fingerprint density at radius 1 is 1.23 bits per heavy atom. The third-order valence-electron chi connectivity index (χ3n) is 6.43. The molecular weight excluding hydrogens is 432 g/mol. The molecule has 31 heavy (non-hydrogen) atoms. The quantitative estimate of drug-likeness (QED) is 0.468. The molecule has 2 fully saturated rings. The van der Waals surface area contributed by atoms with Crippen LogP contribution < -0.4 is 15.8 Å². The minimum absolute atomic E-state index is 0.160. The van der Waals surface area contributed by atoms with Gasteiger partial charge in [-0.2, -0.15) is 0 Å². The van der Waals surface area contributed by atoms with Gasteiger partial charge in [0.15, 0.2) is 0 Å². The number of nitrogens with one attached hydrogen (secondary N) is 1. The minimum atomic E-state index is -0.160. The van der Waals surface area contributed by atoms with Gasteiger partial charge in [0.05, 0.1) is 28.4 Å². The number of nitrogen functional groups attached to an aromatic ring is 1. The van der Waals surface area contributed by atoms with Crippen molar-refractivity contribution in [1.82, 2.24) is 15.1 Å². The predicted octanol–water partition coefficient (Wildman–Crippen LogP) is 3.96. The van der Waals surface area contributed by atoms with E-state index in [0.717, 1.165) is 69.3 Å². The first kappa shape index (κ1) is 24.1. The first-order valence-electron chi connectivity index (χ1n) is 11.3. The molecule has 1 aromatic rings. The van der Waals surface area contributed by atoms with Crippen molar-refractivity contribution in [3.8, 4) is 5.75 Å². The van der Waals surface area contributed by atoms with Crippen LogP contribution >= 0.6 is 23.8 Å². The van der Waals surface area contributed by atoms with E-state index < -0.39 is 0 Å². The Morgan fingerprint density at radius 2 is 1.90 bits per heavy atom. The minimum Gasteiger partial charge on any atom is -0.496 e. The number of carbonyl (C=O) groups is 1. The second-order valence-corrected chi connectivity index (χ2v) is 9.57. The highest BCUT2D eigenvalue weighted by Gasteiger charge is 2.26. The Kier molecular flexibility index (Phi) is 8.81. The molecule has 2 heterocycles. The molecule has 0 radical (unpaired) electrons. The molecule has 2 aliphatic rings. The van der Waals surface area contributed by atoms with Gasteiger partial charge in [-0.15, -0.1) is 0 Å². The van der Waals surface area contributed by atoms with E-state index in [2.05, 4.69) is 22.0 Å². The average molecular weight is 467 g/mol. The van der Waals surface area contributed by atoms with Gasteiger partial charge < -0.3 is 25.6 Å². The fraction of sp³-hybridized carbons (Fsp3) is 0.652. The number of anilines is 1. The third-order valence-corrected chi connectivity index (χ3v) is 7.22. The predicted molar refractivity (Wildman–Crippen MR) is 131 cm³/mol. The zero-order valence-corrected chi connectivity index (χ0v) is 20.2. The van der Waals surface area contributed by atoms with E-state index in [1.165, 1.54) is 20.0 Å². The van der Waals surface area contributed by atoms with Crippen LogP contribution in [0, 0.1) is 5.92 Å². The number of likely N-dealkylation sites (tertiary alicyclic amines) is 2. The standard InChI is InChI=1S/C23H35ClN4O2S/c1-3-4-22(31)28-11-5-16(6-12-28)15-27-9-7-17(8-10-27)26-23(29)18-13-19(24)20(25)14-21(18)30-2/h13-14,16-17H,3-12,15,25H2,1-2H3,(H,26,29). The number of ether oxygens (including phenoxy) is 1. The van der Waals surface area contributed by atoms with Crippen LogP contribution in [0.1, 0.15) is 55.8 Å². The SMILES string of the molecule is CCCC(=S)N1CCC(CN2CCC(NC(=O)c3cc(Cl)c(N)cc3OC)CC2)CC1. The summed E-state index contributed by atoms with van der Waals surface area (Å²) in [6, 6.07) is 3.34. The summed E-state index contributed by atoms with van der Waals surface area (Å²) in [5, 5.41) is 3.51. The van der Waals surface area contributed by atoms with E-state index >= 15 is 0 Å². The van der Waals surface area contributed by atoms with Crippen molar-refractivity contribution in [3.05, 3.63) is 22.7 Å². The van der Waals surface area contributed by atoms with Gasteiger partial charge in [0.1, 0.15) is 5.75 Å². The van der Waals surface area contributed by atoms with Gasteiger partial charge in [0.25, 0.3) is 5.91 Å². The Bertz CT molecular complexity index is 775. The summed E-state index contributed by atoms with van der Waals surface area (Å²) < 4.78 is 5.31. The van der Waals surface area contributed by atoms with Crippen molar-refractivity contribution in [2.75, 3.05) is 45.6 Å². The van der Waals surface area contributed by atoms with E-state index in [0.29, 0.717) is 22.0 Å². The number of halogens is 1. The van der Waals surface area contributed by atoms with Gasteiger partial charge in [-0.3, -0.25) is 4.79 Å². The van der Waals surface area contributed by atoms with Crippen molar-refractivity contribution in [1.29, 1.82) is 0 Å². The molecule has 1 amide bonds. The molecule has 2 aliphatic heterocycles. The second kappa shape index (κ2) is 11.3. The molecule has 0 bridgehead atoms. The maximum Gasteiger partial charge on any atom is 0.255 e. The molecule has 0 atom stereocenters. The Labute approximate surface area is 196 Å². The summed E-state index contributed by atoms with van der Waals surface area (Å²) in [6.45, 7) is 7.56. The van der Waals surface area contributed by atoms with Gasteiger partial charge in [-0.05, 0) is 50.5 Å². The zero-order chi connectivity index (χ0) is 22.4. The van der Waals surface area contributed by atoms with Crippen LogP contribution in [0.5, 0.6) is 5.75 Å².